The van der Waals surface area contributed by atoms with Gasteiger partial charge >= 0.3 is 6.03 Å². The summed E-state index contributed by atoms with van der Waals surface area (Å²) in [6.45, 7) is 0.963. The lowest BCUT2D eigenvalue weighted by atomic mass is 10.0. The molecule has 0 aromatic heterocycles. The van der Waals surface area contributed by atoms with Crippen LogP contribution in [0, 0.1) is 0 Å². The smallest absolute Gasteiger partial charge is 0.315 e. The average molecular weight is 495 g/mol. The third kappa shape index (κ3) is 10.8. The van der Waals surface area contributed by atoms with E-state index < -0.39 is 8.87 Å². The maximum atomic E-state index is 11.9. The van der Waals surface area contributed by atoms with Gasteiger partial charge < -0.3 is 21.3 Å². The van der Waals surface area contributed by atoms with Crippen LogP contribution in [-0.4, -0.2) is 74.4 Å². The third-order valence-corrected chi connectivity index (χ3v) is 9.30. The molecule has 2 rings (SSSR count). The minimum atomic E-state index is -3.06. The molecule has 2 unspecified atom stereocenters. The number of hydrogen-bond donors (Lipinski definition) is 4. The highest BCUT2D eigenvalue weighted by Crippen LogP contribution is 2.33. The van der Waals surface area contributed by atoms with Crippen molar-refractivity contribution in [1.82, 2.24) is 21.3 Å². The molecule has 0 saturated carbocycles. The molecule has 0 bridgehead atoms. The second kappa shape index (κ2) is 13.4. The maximum absolute atomic E-state index is 11.9. The van der Waals surface area contributed by atoms with E-state index in [0.717, 1.165) is 61.3 Å². The van der Waals surface area contributed by atoms with Gasteiger partial charge in [0, 0.05) is 48.9 Å². The van der Waals surface area contributed by atoms with Crippen LogP contribution in [0.1, 0.15) is 51.4 Å². The fraction of sp³-hybridized carbons (Fsp3) is 0.842. The Balaban J connectivity index is 1.38. The van der Waals surface area contributed by atoms with Crippen LogP contribution in [0.3, 0.4) is 0 Å². The summed E-state index contributed by atoms with van der Waals surface area (Å²) in [6.07, 6.45) is 7.34. The van der Waals surface area contributed by atoms with E-state index in [1.807, 2.05) is 11.8 Å². The Morgan fingerprint density at radius 2 is 1.71 bits per heavy atom. The largest absolute Gasteiger partial charge is 0.356 e. The Morgan fingerprint density at radius 1 is 1.03 bits per heavy atom. The number of fused-ring (bicyclic) bond motifs is 1. The van der Waals surface area contributed by atoms with Crippen LogP contribution in [0.4, 0.5) is 4.79 Å². The molecule has 2 heterocycles. The van der Waals surface area contributed by atoms with Gasteiger partial charge in [0.2, 0.25) is 11.8 Å². The summed E-state index contributed by atoms with van der Waals surface area (Å²) in [4.78, 5) is 35.0. The Hall–Kier alpha value is -1.14. The van der Waals surface area contributed by atoms with Crippen molar-refractivity contribution < 1.29 is 22.8 Å². The highest BCUT2D eigenvalue weighted by molar-refractivity contribution is 8.71. The highest BCUT2D eigenvalue weighted by Gasteiger charge is 2.42. The van der Waals surface area contributed by atoms with Gasteiger partial charge in [0.15, 0.2) is 8.87 Å². The number of hydrogen-bond acceptors (Lipinski definition) is 7. The molecule has 3 atom stereocenters. The van der Waals surface area contributed by atoms with Crippen LogP contribution in [0.5, 0.6) is 0 Å². The summed E-state index contributed by atoms with van der Waals surface area (Å²) in [5, 5.41) is 12.0. The van der Waals surface area contributed by atoms with Gasteiger partial charge in [-0.3, -0.25) is 9.59 Å². The molecule has 0 aromatic carbocycles. The first-order valence-corrected chi connectivity index (χ1v) is 15.3. The fourth-order valence-electron chi connectivity index (χ4n) is 3.65. The molecular formula is C19H34N4O5S3. The molecule has 2 aliphatic heterocycles. The molecule has 2 fully saturated rings. The fourth-order valence-corrected chi connectivity index (χ4v) is 6.84. The third-order valence-electron chi connectivity index (χ3n) is 5.21. The van der Waals surface area contributed by atoms with E-state index in [4.69, 9.17) is 0 Å². The van der Waals surface area contributed by atoms with Gasteiger partial charge in [0.05, 0.1) is 12.1 Å². The highest BCUT2D eigenvalue weighted by atomic mass is 33.1. The number of carbonyl (C=O) groups is 3. The van der Waals surface area contributed by atoms with E-state index in [-0.39, 0.29) is 29.9 Å². The lowest BCUT2D eigenvalue weighted by molar-refractivity contribution is -0.122. The standard InChI is InChI=1S/C19H34N4O5S3/c1-31(27,28)30-12-11-21-17(25)8-3-2-6-10-20-16(24)9-5-4-7-15-18-14(13-29-15)22-19(26)23-18/h14-15,18H,2-13H2,1H3,(H,20,24)(H,21,25)(H2,22,23,26)/t14?,15-,18?/m0/s1. The summed E-state index contributed by atoms with van der Waals surface area (Å²) >= 11 is 1.89. The molecule has 0 aliphatic carbocycles. The topological polar surface area (TPSA) is 133 Å². The number of urea groups is 1. The molecule has 2 saturated heterocycles. The van der Waals surface area contributed by atoms with Crippen molar-refractivity contribution >= 4 is 49.3 Å². The molecule has 4 N–H and O–H groups in total. The monoisotopic (exact) mass is 494 g/mol. The second-order valence-corrected chi connectivity index (χ2v) is 13.8. The van der Waals surface area contributed by atoms with E-state index in [1.54, 1.807) is 0 Å². The zero-order chi connectivity index (χ0) is 22.7. The van der Waals surface area contributed by atoms with E-state index in [9.17, 15) is 22.8 Å². The number of nitrogens with one attached hydrogen (secondary N) is 4. The SMILES string of the molecule is CS(=O)(=O)SCCNC(=O)CCCCCNC(=O)CCCC[C@@H]1SCC2NC(=O)NC21. The first-order chi connectivity index (χ1) is 14.7. The molecule has 4 amide bonds. The van der Waals surface area contributed by atoms with Crippen LogP contribution < -0.4 is 21.3 Å². The lowest BCUT2D eigenvalue weighted by Crippen LogP contribution is -2.36. The summed E-state index contributed by atoms with van der Waals surface area (Å²) in [6, 6.07) is 0.402. The van der Waals surface area contributed by atoms with Crippen molar-refractivity contribution in [2.24, 2.45) is 0 Å². The molecule has 0 spiro atoms. The summed E-state index contributed by atoms with van der Waals surface area (Å²) in [5.74, 6) is 1.30. The number of rotatable bonds is 15. The molecule has 12 heteroatoms. The van der Waals surface area contributed by atoms with Gasteiger partial charge in [-0.2, -0.15) is 11.8 Å². The quantitative estimate of drug-likeness (QED) is 0.153. The lowest BCUT2D eigenvalue weighted by Gasteiger charge is -2.16. The van der Waals surface area contributed by atoms with E-state index >= 15 is 0 Å². The molecule has 0 aromatic rings. The van der Waals surface area contributed by atoms with Gasteiger partial charge in [-0.05, 0) is 36.5 Å². The molecule has 178 valence electrons. The molecule has 2 aliphatic rings. The minimum absolute atomic E-state index is 0.0638. The van der Waals surface area contributed by atoms with Crippen LogP contribution in [0.15, 0.2) is 0 Å². The van der Waals surface area contributed by atoms with Gasteiger partial charge in [-0.25, -0.2) is 13.2 Å². The zero-order valence-corrected chi connectivity index (χ0v) is 20.4. The van der Waals surface area contributed by atoms with Gasteiger partial charge in [0.25, 0.3) is 0 Å². The second-order valence-electron chi connectivity index (χ2n) is 7.90. The van der Waals surface area contributed by atoms with Crippen LogP contribution >= 0.6 is 22.6 Å². The van der Waals surface area contributed by atoms with Crippen molar-refractivity contribution in [3.8, 4) is 0 Å². The first kappa shape index (κ1) is 26.1. The normalized spacial score (nSPS) is 22.5. The van der Waals surface area contributed by atoms with Crippen molar-refractivity contribution in [2.75, 3.05) is 30.9 Å². The minimum Gasteiger partial charge on any atom is -0.356 e. The van der Waals surface area contributed by atoms with Crippen LogP contribution in [0.25, 0.3) is 0 Å². The van der Waals surface area contributed by atoms with Crippen molar-refractivity contribution in [1.29, 1.82) is 0 Å². The average Bonchev–Trinajstić information content (AvgIpc) is 3.24. The molecule has 0 radical (unpaired) electrons. The number of carbonyl (C=O) groups excluding carboxylic acids is 3. The van der Waals surface area contributed by atoms with Crippen molar-refractivity contribution in [2.45, 2.75) is 68.7 Å². The molecule has 9 nitrogen and oxygen atoms in total. The zero-order valence-electron chi connectivity index (χ0n) is 18.0. The predicted octanol–water partition coefficient (Wildman–Crippen LogP) is 1.20. The number of thioether (sulfide) groups is 1. The predicted molar refractivity (Wildman–Crippen MR) is 126 cm³/mol. The number of unbranched alkanes of at least 4 members (excludes halogenated alkanes) is 3. The van der Waals surface area contributed by atoms with E-state index in [2.05, 4.69) is 21.3 Å². The first-order valence-electron chi connectivity index (χ1n) is 10.8. The van der Waals surface area contributed by atoms with Gasteiger partial charge in [-0.15, -0.1) is 0 Å². The van der Waals surface area contributed by atoms with Gasteiger partial charge in [-0.1, -0.05) is 12.8 Å². The van der Waals surface area contributed by atoms with Crippen molar-refractivity contribution in [3.63, 3.8) is 0 Å². The van der Waals surface area contributed by atoms with E-state index in [0.29, 0.717) is 36.9 Å². The maximum Gasteiger partial charge on any atom is 0.315 e. The summed E-state index contributed by atoms with van der Waals surface area (Å²) < 4.78 is 21.9. The molecular weight excluding hydrogens is 460 g/mol. The Labute approximate surface area is 192 Å². The van der Waals surface area contributed by atoms with Crippen LogP contribution in [0.2, 0.25) is 0 Å². The van der Waals surface area contributed by atoms with Crippen molar-refractivity contribution in [3.05, 3.63) is 0 Å². The summed E-state index contributed by atoms with van der Waals surface area (Å²) in [7, 11) is -2.23. The Bertz CT molecular complexity index is 719. The number of amides is 4. The van der Waals surface area contributed by atoms with Gasteiger partial charge in [0.1, 0.15) is 0 Å². The Kier molecular flexibility index (Phi) is 11.3. The van der Waals surface area contributed by atoms with E-state index in [1.165, 1.54) is 0 Å². The summed E-state index contributed by atoms with van der Waals surface area (Å²) in [5.41, 5.74) is 0. The Morgan fingerprint density at radius 3 is 2.42 bits per heavy atom. The van der Waals surface area contributed by atoms with Crippen LogP contribution in [-0.2, 0) is 18.5 Å². The molecule has 31 heavy (non-hydrogen) atoms.